The second-order valence-corrected chi connectivity index (χ2v) is 7.99. The van der Waals surface area contributed by atoms with Gasteiger partial charge >= 0.3 is 6.03 Å². The molecule has 0 aromatic heterocycles. The van der Waals surface area contributed by atoms with Crippen molar-refractivity contribution in [3.05, 3.63) is 89.0 Å². The first-order valence-corrected chi connectivity index (χ1v) is 10.8. The molecule has 174 valence electrons. The molecule has 0 aliphatic carbocycles. The fourth-order valence-corrected chi connectivity index (χ4v) is 3.56. The zero-order valence-electron chi connectivity index (χ0n) is 19.0. The monoisotopic (exact) mass is 459 g/mol. The van der Waals surface area contributed by atoms with Gasteiger partial charge in [0, 0.05) is 13.1 Å². The molecule has 0 atom stereocenters. The van der Waals surface area contributed by atoms with Gasteiger partial charge in [-0.25, -0.2) is 4.79 Å². The zero-order chi connectivity index (χ0) is 24.1. The number of nitrogens with one attached hydrogen (secondary N) is 2. The van der Waals surface area contributed by atoms with E-state index in [4.69, 9.17) is 9.47 Å². The number of ether oxygens (including phenoxy) is 2. The quantitative estimate of drug-likeness (QED) is 0.500. The molecule has 1 fully saturated rings. The molecule has 0 spiro atoms. The summed E-state index contributed by atoms with van der Waals surface area (Å²) in [6, 6.07) is 20.0. The number of hydrogen-bond acceptors (Lipinski definition) is 5. The summed E-state index contributed by atoms with van der Waals surface area (Å²) in [5.74, 6) is 1.24. The van der Waals surface area contributed by atoms with Gasteiger partial charge in [-0.1, -0.05) is 35.9 Å². The van der Waals surface area contributed by atoms with Crippen LogP contribution in [0, 0.1) is 6.92 Å². The smallest absolute Gasteiger partial charge is 0.324 e. The molecule has 0 saturated carbocycles. The molecule has 3 aromatic rings. The van der Waals surface area contributed by atoms with Gasteiger partial charge in [0.25, 0.3) is 5.91 Å². The van der Waals surface area contributed by atoms with Crippen LogP contribution in [0.3, 0.4) is 0 Å². The average molecular weight is 460 g/mol. The molecule has 2 N–H and O–H groups in total. The van der Waals surface area contributed by atoms with Gasteiger partial charge in [0.15, 0.2) is 0 Å². The highest BCUT2D eigenvalue weighted by atomic mass is 16.5. The Morgan fingerprint density at radius 3 is 2.24 bits per heavy atom. The Bertz CT molecular complexity index is 1210. The van der Waals surface area contributed by atoms with E-state index < -0.39 is 6.03 Å². The van der Waals surface area contributed by atoms with E-state index in [9.17, 15) is 14.4 Å². The predicted octanol–water partition coefficient (Wildman–Crippen LogP) is 3.78. The molecule has 1 aliphatic rings. The van der Waals surface area contributed by atoms with E-state index in [0.717, 1.165) is 16.9 Å². The number of benzene rings is 3. The van der Waals surface area contributed by atoms with Crippen LogP contribution in [0.5, 0.6) is 17.2 Å². The van der Waals surface area contributed by atoms with Gasteiger partial charge in [0.05, 0.1) is 12.7 Å². The highest BCUT2D eigenvalue weighted by Crippen LogP contribution is 2.23. The van der Waals surface area contributed by atoms with Crippen molar-refractivity contribution in [1.29, 1.82) is 0 Å². The van der Waals surface area contributed by atoms with Crippen molar-refractivity contribution in [2.75, 3.05) is 13.7 Å². The topological polar surface area (TPSA) is 97.0 Å². The van der Waals surface area contributed by atoms with Gasteiger partial charge in [0.1, 0.15) is 23.8 Å². The van der Waals surface area contributed by atoms with Crippen LogP contribution in [0.25, 0.3) is 0 Å². The van der Waals surface area contributed by atoms with E-state index in [1.807, 2.05) is 55.5 Å². The number of methoxy groups -OCH3 is 1. The Balaban J connectivity index is 1.38. The fourth-order valence-electron chi connectivity index (χ4n) is 3.56. The highest BCUT2D eigenvalue weighted by molar-refractivity contribution is 6.02. The standard InChI is InChI=1S/C26H25N3O5/c1-17-3-8-20(9-4-17)34-21-10-5-18(6-11-21)14-27-25(31)22-13-19(7-12-23(22)33-2)15-29-16-24(30)28-26(29)32/h3-13H,14-16H2,1-2H3,(H,27,31)(H,28,30,32). The maximum atomic E-state index is 12.9. The largest absolute Gasteiger partial charge is 0.496 e. The summed E-state index contributed by atoms with van der Waals surface area (Å²) in [5, 5.41) is 5.14. The molecule has 4 amide bonds. The number of amides is 4. The summed E-state index contributed by atoms with van der Waals surface area (Å²) >= 11 is 0. The van der Waals surface area contributed by atoms with Crippen molar-refractivity contribution in [2.24, 2.45) is 0 Å². The minimum atomic E-state index is -0.443. The lowest BCUT2D eigenvalue weighted by Crippen LogP contribution is -2.28. The third-order valence-corrected chi connectivity index (χ3v) is 5.38. The third kappa shape index (κ3) is 5.53. The number of carbonyl (C=O) groups excluding carboxylic acids is 3. The Morgan fingerprint density at radius 1 is 0.971 bits per heavy atom. The third-order valence-electron chi connectivity index (χ3n) is 5.38. The van der Waals surface area contributed by atoms with Crippen molar-refractivity contribution in [2.45, 2.75) is 20.0 Å². The van der Waals surface area contributed by atoms with E-state index >= 15 is 0 Å². The van der Waals surface area contributed by atoms with Gasteiger partial charge < -0.3 is 19.7 Å². The summed E-state index contributed by atoms with van der Waals surface area (Å²) in [4.78, 5) is 37.5. The minimum absolute atomic E-state index is 0.00395. The molecule has 8 heteroatoms. The molecule has 1 aliphatic heterocycles. The Labute approximate surface area is 197 Å². The highest BCUT2D eigenvalue weighted by Gasteiger charge is 2.27. The lowest BCUT2D eigenvalue weighted by Gasteiger charge is -2.15. The summed E-state index contributed by atoms with van der Waals surface area (Å²) in [5.41, 5.74) is 3.14. The van der Waals surface area contributed by atoms with E-state index in [1.54, 1.807) is 18.2 Å². The molecule has 4 rings (SSSR count). The minimum Gasteiger partial charge on any atom is -0.496 e. The van der Waals surface area contributed by atoms with E-state index in [2.05, 4.69) is 10.6 Å². The molecular formula is C26H25N3O5. The first kappa shape index (κ1) is 22.8. The molecule has 34 heavy (non-hydrogen) atoms. The van der Waals surface area contributed by atoms with E-state index in [0.29, 0.717) is 29.2 Å². The van der Waals surface area contributed by atoms with Crippen LogP contribution in [0.15, 0.2) is 66.7 Å². The van der Waals surface area contributed by atoms with Gasteiger partial charge in [-0.05, 0) is 54.4 Å². The molecule has 3 aromatic carbocycles. The number of imide groups is 1. The van der Waals surface area contributed by atoms with Crippen molar-refractivity contribution in [3.8, 4) is 17.2 Å². The first-order valence-electron chi connectivity index (χ1n) is 10.8. The number of carbonyl (C=O) groups is 3. The Morgan fingerprint density at radius 2 is 1.62 bits per heavy atom. The fraction of sp³-hybridized carbons (Fsp3) is 0.192. The van der Waals surface area contributed by atoms with Crippen molar-refractivity contribution >= 4 is 17.8 Å². The summed E-state index contributed by atoms with van der Waals surface area (Å²) < 4.78 is 11.2. The lowest BCUT2D eigenvalue weighted by molar-refractivity contribution is -0.118. The normalized spacial score (nSPS) is 12.9. The molecule has 1 saturated heterocycles. The van der Waals surface area contributed by atoms with Crippen LogP contribution in [0.1, 0.15) is 27.0 Å². The maximum Gasteiger partial charge on any atom is 0.324 e. The molecular weight excluding hydrogens is 434 g/mol. The molecule has 0 unspecified atom stereocenters. The zero-order valence-corrected chi connectivity index (χ0v) is 19.0. The van der Waals surface area contributed by atoms with Gasteiger partial charge in [0.2, 0.25) is 5.91 Å². The lowest BCUT2D eigenvalue weighted by atomic mass is 10.1. The number of nitrogens with zero attached hydrogens (tertiary/aromatic N) is 1. The van der Waals surface area contributed by atoms with Crippen LogP contribution in [0.4, 0.5) is 4.79 Å². The SMILES string of the molecule is COc1ccc(CN2CC(=O)NC2=O)cc1C(=O)NCc1ccc(Oc2ccc(C)cc2)cc1. The van der Waals surface area contributed by atoms with Crippen molar-refractivity contribution in [1.82, 2.24) is 15.5 Å². The molecule has 0 bridgehead atoms. The Hall–Kier alpha value is -4.33. The van der Waals surface area contributed by atoms with Gasteiger partial charge in [-0.3, -0.25) is 14.9 Å². The van der Waals surface area contributed by atoms with E-state index in [-0.39, 0.29) is 24.9 Å². The van der Waals surface area contributed by atoms with Crippen LogP contribution in [-0.4, -0.2) is 36.4 Å². The van der Waals surface area contributed by atoms with Crippen LogP contribution >= 0.6 is 0 Å². The second-order valence-electron chi connectivity index (χ2n) is 7.99. The molecule has 1 heterocycles. The number of rotatable bonds is 8. The maximum absolute atomic E-state index is 12.9. The summed E-state index contributed by atoms with van der Waals surface area (Å²) in [6.07, 6.45) is 0. The van der Waals surface area contributed by atoms with E-state index in [1.165, 1.54) is 12.0 Å². The second kappa shape index (κ2) is 10.1. The number of urea groups is 1. The average Bonchev–Trinajstić information content (AvgIpc) is 3.16. The predicted molar refractivity (Wildman–Crippen MR) is 126 cm³/mol. The molecule has 0 radical (unpaired) electrons. The number of hydrogen-bond donors (Lipinski definition) is 2. The van der Waals surface area contributed by atoms with Crippen molar-refractivity contribution < 1.29 is 23.9 Å². The van der Waals surface area contributed by atoms with Gasteiger partial charge in [-0.15, -0.1) is 0 Å². The van der Waals surface area contributed by atoms with Crippen molar-refractivity contribution in [3.63, 3.8) is 0 Å². The summed E-state index contributed by atoms with van der Waals surface area (Å²) in [7, 11) is 1.49. The van der Waals surface area contributed by atoms with Crippen LogP contribution in [0.2, 0.25) is 0 Å². The van der Waals surface area contributed by atoms with Gasteiger partial charge in [-0.2, -0.15) is 0 Å². The Kier molecular flexibility index (Phi) is 6.77. The number of aryl methyl sites for hydroxylation is 1. The molecule has 8 nitrogen and oxygen atoms in total. The summed E-state index contributed by atoms with van der Waals surface area (Å²) in [6.45, 7) is 2.55. The van der Waals surface area contributed by atoms with Crippen LogP contribution in [-0.2, 0) is 17.9 Å². The van der Waals surface area contributed by atoms with Crippen LogP contribution < -0.4 is 20.1 Å². The first-order chi connectivity index (χ1) is 16.4.